The Morgan fingerprint density at radius 2 is 2.15 bits per heavy atom. The van der Waals surface area contributed by atoms with Crippen LogP contribution in [0.2, 0.25) is 0 Å². The number of aryl methyl sites for hydroxylation is 1. The third kappa shape index (κ3) is 4.51. The lowest BCUT2D eigenvalue weighted by Crippen LogP contribution is -2.38. The van der Waals surface area contributed by atoms with Crippen molar-refractivity contribution in [1.29, 1.82) is 0 Å². The molecule has 20 heavy (non-hydrogen) atoms. The Morgan fingerprint density at radius 1 is 1.45 bits per heavy atom. The van der Waals surface area contributed by atoms with E-state index in [1.54, 1.807) is 6.92 Å². The topological polar surface area (TPSA) is 68.0 Å². The minimum atomic E-state index is 0.0494. The molecule has 1 fully saturated rings. The van der Waals surface area contributed by atoms with Crippen molar-refractivity contribution in [1.82, 2.24) is 15.5 Å². The van der Waals surface area contributed by atoms with E-state index in [9.17, 15) is 4.79 Å². The molecule has 1 heterocycles. The van der Waals surface area contributed by atoms with Crippen LogP contribution in [0.3, 0.4) is 0 Å². The Morgan fingerprint density at radius 3 is 2.75 bits per heavy atom. The number of rotatable bonds is 5. The highest BCUT2D eigenvalue weighted by molar-refractivity contribution is 8.00. The zero-order chi connectivity index (χ0) is 14.5. The highest BCUT2D eigenvalue weighted by atomic mass is 32.2. The predicted molar refractivity (Wildman–Crippen MR) is 79.5 cm³/mol. The van der Waals surface area contributed by atoms with E-state index in [1.807, 2.05) is 6.92 Å². The third-order valence-electron chi connectivity index (χ3n) is 3.74. The number of nitrogens with zero attached hydrogens (tertiary/aromatic N) is 2. The molecule has 1 saturated carbocycles. The molecule has 0 radical (unpaired) electrons. The second-order valence-electron chi connectivity index (χ2n) is 5.66. The summed E-state index contributed by atoms with van der Waals surface area (Å²) in [6.07, 6.45) is 4.65. The van der Waals surface area contributed by atoms with Gasteiger partial charge in [0.15, 0.2) is 5.82 Å². The van der Waals surface area contributed by atoms with E-state index >= 15 is 0 Å². The van der Waals surface area contributed by atoms with Crippen molar-refractivity contribution in [2.24, 2.45) is 5.92 Å². The molecule has 0 unspecified atom stereocenters. The van der Waals surface area contributed by atoms with Gasteiger partial charge in [-0.05, 0) is 45.4 Å². The Bertz CT molecular complexity index is 441. The number of nitrogens with one attached hydrogen (secondary N) is 1. The van der Waals surface area contributed by atoms with Crippen LogP contribution >= 0.6 is 11.8 Å². The third-order valence-corrected chi connectivity index (χ3v) is 4.87. The van der Waals surface area contributed by atoms with E-state index in [-0.39, 0.29) is 11.2 Å². The predicted octanol–water partition coefficient (Wildman–Crippen LogP) is 2.87. The molecule has 112 valence electrons. The first-order valence-corrected chi connectivity index (χ1v) is 8.30. The normalized spacial score (nSPS) is 24.4. The summed E-state index contributed by atoms with van der Waals surface area (Å²) >= 11 is 1.53. The summed E-state index contributed by atoms with van der Waals surface area (Å²) in [6, 6.07) is 0.361. The molecule has 1 atom stereocenters. The average molecular weight is 297 g/mol. The van der Waals surface area contributed by atoms with E-state index in [0.717, 1.165) is 18.8 Å². The molecule has 1 aromatic heterocycles. The highest BCUT2D eigenvalue weighted by Crippen LogP contribution is 2.27. The summed E-state index contributed by atoms with van der Waals surface area (Å²) in [5.74, 6) is 2.57. The lowest BCUT2D eigenvalue weighted by Gasteiger charge is -2.26. The van der Waals surface area contributed by atoms with E-state index in [0.29, 0.717) is 23.5 Å². The number of carbonyl (C=O) groups is 1. The number of hydrogen-bond donors (Lipinski definition) is 1. The minimum Gasteiger partial charge on any atom is -0.353 e. The molecule has 1 N–H and O–H groups in total. The van der Waals surface area contributed by atoms with Gasteiger partial charge in [0.2, 0.25) is 11.8 Å². The van der Waals surface area contributed by atoms with Crippen LogP contribution in [0.5, 0.6) is 0 Å². The maximum atomic E-state index is 11.9. The molecule has 0 aromatic carbocycles. The van der Waals surface area contributed by atoms with Crippen LogP contribution in [0.1, 0.15) is 56.5 Å². The largest absolute Gasteiger partial charge is 0.353 e. The molecule has 0 spiro atoms. The fourth-order valence-electron chi connectivity index (χ4n) is 2.42. The monoisotopic (exact) mass is 297 g/mol. The van der Waals surface area contributed by atoms with Crippen LogP contribution in [-0.2, 0) is 4.79 Å². The van der Waals surface area contributed by atoms with Crippen molar-refractivity contribution in [2.45, 2.75) is 57.7 Å². The minimum absolute atomic E-state index is 0.0494. The van der Waals surface area contributed by atoms with E-state index in [1.165, 1.54) is 24.6 Å². The van der Waals surface area contributed by atoms with E-state index < -0.39 is 0 Å². The fraction of sp³-hybridized carbons (Fsp3) is 0.786. The summed E-state index contributed by atoms with van der Waals surface area (Å²) in [6.45, 7) is 6.05. The van der Waals surface area contributed by atoms with Gasteiger partial charge in [0, 0.05) is 6.04 Å². The van der Waals surface area contributed by atoms with Crippen molar-refractivity contribution >= 4 is 17.7 Å². The number of carbonyl (C=O) groups excluding carboxylic acids is 1. The van der Waals surface area contributed by atoms with E-state index in [4.69, 9.17) is 4.52 Å². The first-order chi connectivity index (χ1) is 9.54. The van der Waals surface area contributed by atoms with Crippen molar-refractivity contribution in [3.8, 4) is 0 Å². The maximum absolute atomic E-state index is 11.9. The molecule has 5 nitrogen and oxygen atoms in total. The average Bonchev–Trinajstić information content (AvgIpc) is 2.85. The molecule has 0 bridgehead atoms. The van der Waals surface area contributed by atoms with Crippen LogP contribution in [-0.4, -0.2) is 27.8 Å². The lowest BCUT2D eigenvalue weighted by molar-refractivity contribution is -0.119. The van der Waals surface area contributed by atoms with Gasteiger partial charge in [0.25, 0.3) is 0 Å². The van der Waals surface area contributed by atoms with Crippen LogP contribution < -0.4 is 5.32 Å². The summed E-state index contributed by atoms with van der Waals surface area (Å²) < 4.78 is 5.11. The summed E-state index contributed by atoms with van der Waals surface area (Å²) in [4.78, 5) is 16.1. The maximum Gasteiger partial charge on any atom is 0.239 e. The summed E-state index contributed by atoms with van der Waals surface area (Å²) in [5, 5.41) is 6.94. The lowest BCUT2D eigenvalue weighted by atomic mass is 9.87. The summed E-state index contributed by atoms with van der Waals surface area (Å²) in [7, 11) is 0. The van der Waals surface area contributed by atoms with Gasteiger partial charge in [-0.1, -0.05) is 12.1 Å². The Labute approximate surface area is 124 Å². The highest BCUT2D eigenvalue weighted by Gasteiger charge is 2.20. The van der Waals surface area contributed by atoms with Crippen molar-refractivity contribution in [2.75, 3.05) is 5.75 Å². The van der Waals surface area contributed by atoms with Gasteiger partial charge in [-0.15, -0.1) is 11.8 Å². The van der Waals surface area contributed by atoms with Crippen molar-refractivity contribution < 1.29 is 9.32 Å². The van der Waals surface area contributed by atoms with Crippen LogP contribution in [0, 0.1) is 12.8 Å². The Balaban J connectivity index is 1.69. The molecule has 0 saturated heterocycles. The zero-order valence-electron chi connectivity index (χ0n) is 12.4. The standard InChI is InChI=1S/C14H23N3O2S/c1-9-4-6-12(7-5-9)16-13(18)8-20-10(2)14-15-11(3)17-19-14/h9-10,12H,4-8H2,1-3H3,(H,16,18)/t9?,10-,12?/m1/s1. The second kappa shape index (κ2) is 7.11. The van der Waals surface area contributed by atoms with Crippen LogP contribution in [0.4, 0.5) is 0 Å². The van der Waals surface area contributed by atoms with Gasteiger partial charge < -0.3 is 9.84 Å². The molecule has 2 rings (SSSR count). The first kappa shape index (κ1) is 15.4. The van der Waals surface area contributed by atoms with Gasteiger partial charge in [-0.25, -0.2) is 0 Å². The number of aromatic nitrogens is 2. The SMILES string of the molecule is Cc1noc([C@@H](C)SCC(=O)NC2CCC(C)CC2)n1. The quantitative estimate of drug-likeness (QED) is 0.905. The van der Waals surface area contributed by atoms with Gasteiger partial charge in [0.1, 0.15) is 0 Å². The fourth-order valence-corrected chi connectivity index (χ4v) is 3.15. The smallest absolute Gasteiger partial charge is 0.239 e. The number of amides is 1. The van der Waals surface area contributed by atoms with Gasteiger partial charge in [0.05, 0.1) is 11.0 Å². The molecule has 1 amide bonds. The molecular formula is C14H23N3O2S. The molecule has 0 aliphatic heterocycles. The number of thioether (sulfide) groups is 1. The van der Waals surface area contributed by atoms with E-state index in [2.05, 4.69) is 22.4 Å². The first-order valence-electron chi connectivity index (χ1n) is 7.25. The summed E-state index contributed by atoms with van der Waals surface area (Å²) in [5.41, 5.74) is 0. The molecular weight excluding hydrogens is 274 g/mol. The number of hydrogen-bond acceptors (Lipinski definition) is 5. The van der Waals surface area contributed by atoms with Crippen molar-refractivity contribution in [3.63, 3.8) is 0 Å². The van der Waals surface area contributed by atoms with Crippen molar-refractivity contribution in [3.05, 3.63) is 11.7 Å². The molecule has 1 aliphatic rings. The van der Waals surface area contributed by atoms with Crippen LogP contribution in [0.25, 0.3) is 0 Å². The van der Waals surface area contributed by atoms with Gasteiger partial charge >= 0.3 is 0 Å². The zero-order valence-corrected chi connectivity index (χ0v) is 13.2. The van der Waals surface area contributed by atoms with Crippen LogP contribution in [0.15, 0.2) is 4.52 Å². The van der Waals surface area contributed by atoms with Gasteiger partial charge in [-0.2, -0.15) is 4.98 Å². The Kier molecular flexibility index (Phi) is 5.46. The second-order valence-corrected chi connectivity index (χ2v) is 6.99. The molecule has 6 heteroatoms. The Hall–Kier alpha value is -1.04. The van der Waals surface area contributed by atoms with Gasteiger partial charge in [-0.3, -0.25) is 4.79 Å². The molecule has 1 aromatic rings. The molecule has 1 aliphatic carbocycles.